The van der Waals surface area contributed by atoms with Crippen molar-refractivity contribution >= 4 is 5.91 Å². The van der Waals surface area contributed by atoms with Crippen molar-refractivity contribution < 1.29 is 15.0 Å². The lowest BCUT2D eigenvalue weighted by Crippen LogP contribution is -2.45. The molecule has 0 saturated heterocycles. The molecule has 0 bridgehead atoms. The third kappa shape index (κ3) is 65.3. The van der Waals surface area contributed by atoms with Crippen LogP contribution < -0.4 is 5.32 Å². The molecular weight excluding hydrogens is 939 g/mol. The highest BCUT2D eigenvalue weighted by molar-refractivity contribution is 5.76. The maximum Gasteiger partial charge on any atom is 0.220 e. The van der Waals surface area contributed by atoms with Gasteiger partial charge in [-0.05, 0) is 44.9 Å². The van der Waals surface area contributed by atoms with Crippen LogP contribution in [0.25, 0.3) is 0 Å². The second kappa shape index (κ2) is 68.9. The molecule has 0 rings (SSSR count). The maximum absolute atomic E-state index is 12.5. The molecule has 0 aromatic carbocycles. The predicted octanol–water partition coefficient (Wildman–Crippen LogP) is 24.3. The average Bonchev–Trinajstić information content (AvgIpc) is 3.43. The van der Waals surface area contributed by atoms with Crippen molar-refractivity contribution in [2.75, 3.05) is 6.61 Å². The molecule has 77 heavy (non-hydrogen) atoms. The van der Waals surface area contributed by atoms with E-state index in [4.69, 9.17) is 0 Å². The lowest BCUT2D eigenvalue weighted by molar-refractivity contribution is -0.123. The minimum absolute atomic E-state index is 0.0692. The molecule has 0 aromatic rings. The maximum atomic E-state index is 12.5. The van der Waals surface area contributed by atoms with Gasteiger partial charge < -0.3 is 15.5 Å². The van der Waals surface area contributed by atoms with Gasteiger partial charge in [0.25, 0.3) is 0 Å². The van der Waals surface area contributed by atoms with E-state index in [9.17, 15) is 15.0 Å². The molecule has 456 valence electrons. The fourth-order valence-corrected chi connectivity index (χ4v) is 11.5. The summed E-state index contributed by atoms with van der Waals surface area (Å²) in [5.74, 6) is -0.0692. The zero-order chi connectivity index (χ0) is 55.5. The number of hydrogen-bond donors (Lipinski definition) is 3. The SMILES string of the molecule is CCCCCCCCCCCCCCCCCCCCCCCCC/C=C/CC/C=C/CC/C=C/C(O)C(CO)NC(=O)CCCCCCCCCCCCCCCCCCCCCCCCCCCCCCCCCC. The molecule has 1 amide bonds. The normalized spacial score (nSPS) is 12.8. The molecule has 4 nitrogen and oxygen atoms in total. The van der Waals surface area contributed by atoms with Crippen LogP contribution in [-0.4, -0.2) is 34.9 Å². The predicted molar refractivity (Wildman–Crippen MR) is 345 cm³/mol. The Morgan fingerprint density at radius 2 is 0.506 bits per heavy atom. The second-order valence-corrected chi connectivity index (χ2v) is 24.6. The number of hydrogen-bond acceptors (Lipinski definition) is 3. The minimum atomic E-state index is -0.871. The standard InChI is InChI=1S/C73H141NO3/c1-3-5-7-9-11-13-15-17-19-21-23-25-27-29-31-33-35-37-38-40-42-44-46-48-50-52-54-56-58-60-62-64-66-68-72(76)71(70-75)74-73(77)69-67-65-63-61-59-57-55-53-51-49-47-45-43-41-39-36-34-32-30-28-26-24-22-20-18-16-14-12-10-8-6-4-2/h50,52,58,60,66,68,71-72,75-76H,3-49,51,53-57,59,61-65,67,69-70H2,1-2H3,(H,74,77)/b52-50+,60-58+,68-66+. The van der Waals surface area contributed by atoms with Crippen LogP contribution in [-0.2, 0) is 4.79 Å². The second-order valence-electron chi connectivity index (χ2n) is 24.6. The largest absolute Gasteiger partial charge is 0.394 e. The van der Waals surface area contributed by atoms with Crippen molar-refractivity contribution in [3.05, 3.63) is 36.5 Å². The Morgan fingerprint density at radius 1 is 0.299 bits per heavy atom. The Morgan fingerprint density at radius 3 is 0.753 bits per heavy atom. The molecule has 0 aliphatic carbocycles. The fourth-order valence-electron chi connectivity index (χ4n) is 11.5. The van der Waals surface area contributed by atoms with Crippen LogP contribution in [0.15, 0.2) is 36.5 Å². The van der Waals surface area contributed by atoms with Gasteiger partial charge in [0.15, 0.2) is 0 Å². The van der Waals surface area contributed by atoms with Gasteiger partial charge in [-0.2, -0.15) is 0 Å². The summed E-state index contributed by atoms with van der Waals surface area (Å²) in [4.78, 5) is 12.5. The van der Waals surface area contributed by atoms with Crippen molar-refractivity contribution in [2.24, 2.45) is 0 Å². The molecule has 4 heteroatoms. The highest BCUT2D eigenvalue weighted by Crippen LogP contribution is 2.19. The van der Waals surface area contributed by atoms with E-state index in [1.54, 1.807) is 6.08 Å². The number of unbranched alkanes of at least 4 members (excludes halogenated alkanes) is 56. The summed E-state index contributed by atoms with van der Waals surface area (Å²) in [6, 6.07) is -0.646. The summed E-state index contributed by atoms with van der Waals surface area (Å²) in [6.45, 7) is 4.35. The number of amides is 1. The van der Waals surface area contributed by atoms with Gasteiger partial charge in [-0.15, -0.1) is 0 Å². The Bertz CT molecular complexity index is 1180. The summed E-state index contributed by atoms with van der Waals surface area (Å²) in [5.41, 5.74) is 0. The summed E-state index contributed by atoms with van der Waals surface area (Å²) in [7, 11) is 0. The van der Waals surface area contributed by atoms with Gasteiger partial charge in [-0.3, -0.25) is 4.79 Å². The first kappa shape index (κ1) is 75.6. The summed E-state index contributed by atoms with van der Waals surface area (Å²) in [5, 5.41) is 23.3. The Labute approximate surface area is 484 Å². The lowest BCUT2D eigenvalue weighted by atomic mass is 10.0. The average molecular weight is 1080 g/mol. The van der Waals surface area contributed by atoms with Gasteiger partial charge in [0.1, 0.15) is 0 Å². The number of aliphatic hydroxyl groups is 2. The van der Waals surface area contributed by atoms with E-state index in [1.807, 2.05) is 6.08 Å². The van der Waals surface area contributed by atoms with Gasteiger partial charge >= 0.3 is 0 Å². The van der Waals surface area contributed by atoms with Gasteiger partial charge in [-0.25, -0.2) is 0 Å². The highest BCUT2D eigenvalue weighted by atomic mass is 16.3. The molecule has 3 N–H and O–H groups in total. The topological polar surface area (TPSA) is 69.6 Å². The van der Waals surface area contributed by atoms with Crippen molar-refractivity contribution in [1.82, 2.24) is 5.32 Å². The molecule has 0 heterocycles. The number of nitrogens with one attached hydrogen (secondary N) is 1. The third-order valence-electron chi connectivity index (χ3n) is 16.9. The molecule has 0 aromatic heterocycles. The molecule has 0 fully saturated rings. The smallest absolute Gasteiger partial charge is 0.220 e. The van der Waals surface area contributed by atoms with E-state index in [1.165, 1.54) is 347 Å². The van der Waals surface area contributed by atoms with Crippen LogP contribution in [0.2, 0.25) is 0 Å². The first-order chi connectivity index (χ1) is 38.2. The Balaban J connectivity index is 3.45. The van der Waals surface area contributed by atoms with Gasteiger partial charge in [0.05, 0.1) is 18.8 Å². The van der Waals surface area contributed by atoms with E-state index in [-0.39, 0.29) is 12.5 Å². The lowest BCUT2D eigenvalue weighted by Gasteiger charge is -2.19. The number of rotatable bonds is 67. The van der Waals surface area contributed by atoms with Crippen molar-refractivity contribution in [3.8, 4) is 0 Å². The molecule has 2 unspecified atom stereocenters. The summed E-state index contributed by atoms with van der Waals surface area (Å²) < 4.78 is 0. The monoisotopic (exact) mass is 1080 g/mol. The molecule has 2 atom stereocenters. The number of aliphatic hydroxyl groups excluding tert-OH is 2. The van der Waals surface area contributed by atoms with Crippen molar-refractivity contribution in [3.63, 3.8) is 0 Å². The van der Waals surface area contributed by atoms with E-state index < -0.39 is 12.1 Å². The molecule has 0 aliphatic rings. The zero-order valence-corrected chi connectivity index (χ0v) is 52.8. The number of carbonyl (C=O) groups excluding carboxylic acids is 1. The van der Waals surface area contributed by atoms with Crippen LogP contribution in [0.4, 0.5) is 0 Å². The highest BCUT2D eigenvalue weighted by Gasteiger charge is 2.18. The van der Waals surface area contributed by atoms with Gasteiger partial charge in [0, 0.05) is 6.42 Å². The van der Waals surface area contributed by atoms with Crippen LogP contribution in [0.5, 0.6) is 0 Å². The first-order valence-electron chi connectivity index (χ1n) is 35.7. The summed E-state index contributed by atoms with van der Waals surface area (Å²) in [6.07, 6.45) is 95.4. The quantitative estimate of drug-likeness (QED) is 0.0420. The molecule has 0 saturated carbocycles. The molecular formula is C73H141NO3. The third-order valence-corrected chi connectivity index (χ3v) is 16.9. The van der Waals surface area contributed by atoms with Gasteiger partial charge in [-0.1, -0.05) is 391 Å². The number of carbonyl (C=O) groups is 1. The van der Waals surface area contributed by atoms with E-state index in [0.29, 0.717) is 6.42 Å². The number of allylic oxidation sites excluding steroid dienone is 5. The summed E-state index contributed by atoms with van der Waals surface area (Å²) >= 11 is 0. The van der Waals surface area contributed by atoms with Crippen LogP contribution in [0, 0.1) is 0 Å². The van der Waals surface area contributed by atoms with Crippen molar-refractivity contribution in [2.45, 2.75) is 418 Å². The molecule has 0 spiro atoms. The minimum Gasteiger partial charge on any atom is -0.394 e. The van der Waals surface area contributed by atoms with Crippen LogP contribution >= 0.6 is 0 Å². The van der Waals surface area contributed by atoms with E-state index in [0.717, 1.165) is 38.5 Å². The van der Waals surface area contributed by atoms with Crippen LogP contribution in [0.1, 0.15) is 406 Å². The van der Waals surface area contributed by atoms with E-state index in [2.05, 4.69) is 43.5 Å². The van der Waals surface area contributed by atoms with Gasteiger partial charge in [0.2, 0.25) is 5.91 Å². The first-order valence-corrected chi connectivity index (χ1v) is 35.7. The van der Waals surface area contributed by atoms with Crippen LogP contribution in [0.3, 0.4) is 0 Å². The van der Waals surface area contributed by atoms with Crippen molar-refractivity contribution in [1.29, 1.82) is 0 Å². The Kier molecular flexibility index (Phi) is 67.6. The zero-order valence-electron chi connectivity index (χ0n) is 52.8. The van der Waals surface area contributed by atoms with E-state index >= 15 is 0 Å². The fraction of sp³-hybridized carbons (Fsp3) is 0.904. The molecule has 0 radical (unpaired) electrons. The molecule has 0 aliphatic heterocycles. The Hall–Kier alpha value is -1.39.